The summed E-state index contributed by atoms with van der Waals surface area (Å²) in [7, 11) is 0. The third-order valence-electron chi connectivity index (χ3n) is 9.57. The van der Waals surface area contributed by atoms with Gasteiger partial charge in [-0.3, -0.25) is 0 Å². The molecule has 0 saturated carbocycles. The lowest BCUT2D eigenvalue weighted by molar-refractivity contribution is 0.487. The molecule has 1 aliphatic heterocycles. The van der Waals surface area contributed by atoms with E-state index >= 15 is 0 Å². The van der Waals surface area contributed by atoms with Gasteiger partial charge in [0.25, 0.3) is 0 Å². The summed E-state index contributed by atoms with van der Waals surface area (Å²) in [6.45, 7) is 0. The van der Waals surface area contributed by atoms with Crippen molar-refractivity contribution in [2.75, 3.05) is 0 Å². The van der Waals surface area contributed by atoms with Crippen molar-refractivity contribution in [3.05, 3.63) is 164 Å². The van der Waals surface area contributed by atoms with Gasteiger partial charge in [-0.1, -0.05) is 121 Å². The maximum absolute atomic E-state index is 6.35. The highest BCUT2D eigenvalue weighted by Gasteiger charge is 2.21. The van der Waals surface area contributed by atoms with Gasteiger partial charge in [0.1, 0.15) is 11.5 Å². The van der Waals surface area contributed by atoms with Crippen LogP contribution >= 0.6 is 0 Å². The summed E-state index contributed by atoms with van der Waals surface area (Å²) >= 11 is 0. The molecule has 8 aromatic carbocycles. The summed E-state index contributed by atoms with van der Waals surface area (Å²) in [6, 6.07) is 59.0. The van der Waals surface area contributed by atoms with Gasteiger partial charge in [0.05, 0.1) is 11.0 Å². The van der Waals surface area contributed by atoms with E-state index in [0.717, 1.165) is 17.1 Å². The molecule has 10 rings (SSSR count). The van der Waals surface area contributed by atoms with E-state index < -0.39 is 0 Å². The Morgan fingerprint density at radius 3 is 1.93 bits per heavy atom. The predicted octanol–water partition coefficient (Wildman–Crippen LogP) is 12.2. The molecule has 0 saturated heterocycles. The van der Waals surface area contributed by atoms with E-state index in [2.05, 4.69) is 168 Å². The topological polar surface area (TPSA) is 14.2 Å². The molecular weight excluding hydrogens is 558 g/mol. The lowest BCUT2D eigenvalue weighted by Gasteiger charge is -2.22. The summed E-state index contributed by atoms with van der Waals surface area (Å²) in [4.78, 5) is 0. The standard InChI is InChI=1S/C44H27NO/c1-2-12-32(13-3-1)45-40-18-7-6-15-34(40)39-27-37(33-14-4-5-16-36(33)44(39)45)29-22-20-28(21-23-29)31-24-25-41-38(26-31)35-17-8-10-30-11-9-19-42(46-41)43(30)35/h1-27H. The van der Waals surface area contributed by atoms with Crippen molar-refractivity contribution >= 4 is 43.4 Å². The number of rotatable bonds is 3. The van der Waals surface area contributed by atoms with Gasteiger partial charge in [0.15, 0.2) is 0 Å². The van der Waals surface area contributed by atoms with Crippen LogP contribution in [0, 0.1) is 0 Å². The molecule has 9 aromatic rings. The van der Waals surface area contributed by atoms with Crippen LogP contribution in [0.25, 0.3) is 82.4 Å². The average Bonchev–Trinajstić information content (AvgIpc) is 3.46. The third-order valence-corrected chi connectivity index (χ3v) is 9.57. The highest BCUT2D eigenvalue weighted by molar-refractivity contribution is 6.22. The molecule has 1 aliphatic rings. The normalized spacial score (nSPS) is 12.1. The van der Waals surface area contributed by atoms with Gasteiger partial charge in [0.2, 0.25) is 0 Å². The Kier molecular flexibility index (Phi) is 5.31. The third kappa shape index (κ3) is 3.65. The minimum Gasteiger partial charge on any atom is -0.456 e. The van der Waals surface area contributed by atoms with Crippen LogP contribution in [0.1, 0.15) is 0 Å². The van der Waals surface area contributed by atoms with Crippen molar-refractivity contribution in [2.45, 2.75) is 0 Å². The zero-order valence-electron chi connectivity index (χ0n) is 24.9. The van der Waals surface area contributed by atoms with E-state index in [1.165, 1.54) is 76.9 Å². The fourth-order valence-corrected chi connectivity index (χ4v) is 7.49. The first-order valence-corrected chi connectivity index (χ1v) is 15.8. The Morgan fingerprint density at radius 2 is 1.09 bits per heavy atom. The fraction of sp³-hybridized carbons (Fsp3) is 0. The molecule has 0 unspecified atom stereocenters. The van der Waals surface area contributed by atoms with Crippen LogP contribution in [0.5, 0.6) is 11.5 Å². The van der Waals surface area contributed by atoms with Crippen molar-refractivity contribution in [2.24, 2.45) is 0 Å². The summed E-state index contributed by atoms with van der Waals surface area (Å²) in [6.07, 6.45) is 0. The second-order valence-corrected chi connectivity index (χ2v) is 12.1. The molecule has 0 spiro atoms. The van der Waals surface area contributed by atoms with E-state index in [9.17, 15) is 0 Å². The highest BCUT2D eigenvalue weighted by Crippen LogP contribution is 2.48. The quantitative estimate of drug-likeness (QED) is 0.201. The van der Waals surface area contributed by atoms with E-state index in [1.54, 1.807) is 0 Å². The minimum atomic E-state index is 0.904. The summed E-state index contributed by atoms with van der Waals surface area (Å²) in [5.74, 6) is 1.83. The van der Waals surface area contributed by atoms with Crippen molar-refractivity contribution in [1.29, 1.82) is 0 Å². The number of aromatic nitrogens is 1. The number of benzene rings is 8. The molecule has 2 heterocycles. The molecule has 0 N–H and O–H groups in total. The maximum Gasteiger partial charge on any atom is 0.135 e. The van der Waals surface area contributed by atoms with Crippen LogP contribution in [0.4, 0.5) is 0 Å². The number of para-hydroxylation sites is 2. The van der Waals surface area contributed by atoms with Crippen molar-refractivity contribution in [1.82, 2.24) is 4.57 Å². The maximum atomic E-state index is 6.35. The number of nitrogens with zero attached hydrogens (tertiary/aromatic N) is 1. The molecule has 0 atom stereocenters. The van der Waals surface area contributed by atoms with Gasteiger partial charge in [-0.25, -0.2) is 0 Å². The van der Waals surface area contributed by atoms with E-state index in [4.69, 9.17) is 4.74 Å². The molecule has 0 amide bonds. The van der Waals surface area contributed by atoms with Gasteiger partial charge in [-0.05, 0) is 81.1 Å². The molecule has 0 aliphatic carbocycles. The Hall–Kier alpha value is -6.12. The van der Waals surface area contributed by atoms with Gasteiger partial charge in [-0.2, -0.15) is 0 Å². The van der Waals surface area contributed by atoms with Crippen molar-refractivity contribution < 1.29 is 4.74 Å². The van der Waals surface area contributed by atoms with E-state index in [-0.39, 0.29) is 0 Å². The summed E-state index contributed by atoms with van der Waals surface area (Å²) in [5, 5.41) is 7.41. The van der Waals surface area contributed by atoms with Gasteiger partial charge >= 0.3 is 0 Å². The lowest BCUT2D eigenvalue weighted by atomic mass is 9.91. The molecule has 0 fully saturated rings. The Labute approximate surface area is 266 Å². The molecular formula is C44H27NO. The van der Waals surface area contributed by atoms with E-state index in [1.807, 2.05) is 0 Å². The summed E-state index contributed by atoms with van der Waals surface area (Å²) < 4.78 is 8.77. The first-order valence-electron chi connectivity index (χ1n) is 15.8. The Balaban J connectivity index is 1.13. The van der Waals surface area contributed by atoms with Crippen LogP contribution < -0.4 is 4.74 Å². The number of fused-ring (bicyclic) bond motifs is 7. The highest BCUT2D eigenvalue weighted by atomic mass is 16.5. The molecule has 2 nitrogen and oxygen atoms in total. The smallest absolute Gasteiger partial charge is 0.135 e. The molecule has 0 bridgehead atoms. The first kappa shape index (κ1) is 25.2. The molecule has 214 valence electrons. The average molecular weight is 586 g/mol. The molecule has 2 heteroatoms. The predicted molar refractivity (Wildman–Crippen MR) is 192 cm³/mol. The minimum absolute atomic E-state index is 0.904. The van der Waals surface area contributed by atoms with Gasteiger partial charge in [0, 0.05) is 32.8 Å². The second kappa shape index (κ2) is 9.69. The monoisotopic (exact) mass is 585 g/mol. The van der Waals surface area contributed by atoms with E-state index in [0.29, 0.717) is 0 Å². The molecule has 46 heavy (non-hydrogen) atoms. The van der Waals surface area contributed by atoms with Crippen molar-refractivity contribution in [3.8, 4) is 50.6 Å². The van der Waals surface area contributed by atoms with Crippen LogP contribution in [0.3, 0.4) is 0 Å². The zero-order chi connectivity index (χ0) is 30.2. The summed E-state index contributed by atoms with van der Waals surface area (Å²) in [5.41, 5.74) is 10.8. The van der Waals surface area contributed by atoms with Crippen LogP contribution in [-0.2, 0) is 0 Å². The zero-order valence-corrected chi connectivity index (χ0v) is 24.9. The number of hydrogen-bond donors (Lipinski definition) is 0. The Morgan fingerprint density at radius 1 is 0.391 bits per heavy atom. The SMILES string of the molecule is c1ccc(-n2c3ccccc3c3cc(-c4ccc(-c5ccc6c(c5)-c5cccc7cccc(c57)O6)cc4)c4ccccc4c32)cc1. The van der Waals surface area contributed by atoms with Crippen LogP contribution in [0.2, 0.25) is 0 Å². The first-order chi connectivity index (χ1) is 22.8. The van der Waals surface area contributed by atoms with Crippen LogP contribution in [-0.4, -0.2) is 4.57 Å². The Bertz CT molecular complexity index is 2640. The van der Waals surface area contributed by atoms with Gasteiger partial charge in [-0.15, -0.1) is 0 Å². The van der Waals surface area contributed by atoms with Crippen molar-refractivity contribution in [3.63, 3.8) is 0 Å². The van der Waals surface area contributed by atoms with Gasteiger partial charge < -0.3 is 9.30 Å². The second-order valence-electron chi connectivity index (χ2n) is 12.1. The van der Waals surface area contributed by atoms with Crippen LogP contribution in [0.15, 0.2) is 164 Å². The number of ether oxygens (including phenoxy) is 1. The molecule has 0 radical (unpaired) electrons. The molecule has 1 aromatic heterocycles. The largest absolute Gasteiger partial charge is 0.456 e. The fourth-order valence-electron chi connectivity index (χ4n) is 7.49. The lowest BCUT2D eigenvalue weighted by Crippen LogP contribution is -1.97. The number of hydrogen-bond acceptors (Lipinski definition) is 1.